The molecule has 0 heterocycles. The van der Waals surface area contributed by atoms with Crippen molar-refractivity contribution in [2.24, 2.45) is 5.73 Å². The van der Waals surface area contributed by atoms with Crippen molar-refractivity contribution < 1.29 is 37.5 Å². The normalized spacial score (nSPS) is 11.4. The predicted octanol–water partition coefficient (Wildman–Crippen LogP) is 9.96. The summed E-state index contributed by atoms with van der Waals surface area (Å²) in [4.78, 5) is 34.3. The van der Waals surface area contributed by atoms with Crippen molar-refractivity contribution >= 4 is 44.4 Å². The highest BCUT2D eigenvalue weighted by Gasteiger charge is 2.21. The van der Waals surface area contributed by atoms with Crippen LogP contribution in [0.5, 0.6) is 23.0 Å². The van der Waals surface area contributed by atoms with Gasteiger partial charge < -0.3 is 20.3 Å². The number of hydrogen-bond donors (Lipinski definition) is 3. The molecule has 0 aromatic heterocycles. The highest BCUT2D eigenvalue weighted by molar-refractivity contribution is 7.92. The number of hydrogen-bond acceptors (Lipinski definition) is 9. The number of phenols is 1. The minimum absolute atomic E-state index is 0.0691. The minimum atomic E-state index is -3.85. The number of aldehydes is 1. The van der Waals surface area contributed by atoms with Gasteiger partial charge in [-0.15, -0.1) is 0 Å². The number of nitro groups is 1. The fraction of sp³-hybridized carbons (Fsp3) is 0.415. The van der Waals surface area contributed by atoms with Crippen LogP contribution in [0.4, 0.5) is 11.4 Å². The average Bonchev–Trinajstić information content (AvgIpc) is 3.15. The molecule has 0 spiro atoms. The third-order valence-corrected chi connectivity index (χ3v) is 10.6. The summed E-state index contributed by atoms with van der Waals surface area (Å²) in [5.41, 5.74) is 5.62. The fourth-order valence-corrected chi connectivity index (χ4v) is 7.47. The second-order valence-corrected chi connectivity index (χ2v) is 15.4. The van der Waals surface area contributed by atoms with Gasteiger partial charge in [0.25, 0.3) is 5.91 Å². The van der Waals surface area contributed by atoms with Gasteiger partial charge in [0, 0.05) is 22.4 Å². The number of carbonyl (C=O) groups excluding carboxylic acids is 2. The number of primary amides is 1. The van der Waals surface area contributed by atoms with Crippen LogP contribution >= 0.6 is 0 Å². The van der Waals surface area contributed by atoms with Gasteiger partial charge in [0.05, 0.1) is 21.9 Å². The van der Waals surface area contributed by atoms with E-state index >= 15 is 0 Å². The van der Waals surface area contributed by atoms with Gasteiger partial charge in [-0.25, -0.2) is 8.42 Å². The Labute approximate surface area is 317 Å². The zero-order chi connectivity index (χ0) is 38.9. The second kappa shape index (κ2) is 20.9. The maximum absolute atomic E-state index is 13.4. The molecule has 0 radical (unpaired) electrons. The molecule has 0 saturated carbocycles. The molecule has 1 amide bonds. The van der Waals surface area contributed by atoms with Gasteiger partial charge >= 0.3 is 5.69 Å². The molecule has 4 N–H and O–H groups in total. The highest BCUT2D eigenvalue weighted by atomic mass is 32.2. The topological polar surface area (TPSA) is 188 Å². The molecule has 0 saturated heterocycles. The van der Waals surface area contributed by atoms with Crippen LogP contribution in [0.2, 0.25) is 0 Å². The van der Waals surface area contributed by atoms with Crippen molar-refractivity contribution in [2.45, 2.75) is 103 Å². The van der Waals surface area contributed by atoms with Crippen molar-refractivity contribution in [3.63, 3.8) is 0 Å². The quantitative estimate of drug-likeness (QED) is 0.0255. The molecule has 290 valence electrons. The number of nitrogens with zero attached hydrogens (tertiary/aromatic N) is 1. The number of unbranched alkanes of at least 4 members (excludes halogenated alkanes) is 13. The Morgan fingerprint density at radius 3 is 2.00 bits per heavy atom. The molecule has 0 aliphatic carbocycles. The van der Waals surface area contributed by atoms with Crippen molar-refractivity contribution in [3.05, 3.63) is 93.5 Å². The Balaban J connectivity index is 1.45. The second-order valence-electron chi connectivity index (χ2n) is 13.5. The molecule has 0 atom stereocenters. The van der Waals surface area contributed by atoms with E-state index in [0.29, 0.717) is 29.0 Å². The molecule has 4 aromatic carbocycles. The lowest BCUT2D eigenvalue weighted by Crippen LogP contribution is -2.17. The fourth-order valence-electron chi connectivity index (χ4n) is 6.29. The first-order valence-electron chi connectivity index (χ1n) is 18.7. The number of carbonyl (C=O) groups is 2. The zero-order valence-electron chi connectivity index (χ0n) is 30.9. The highest BCUT2D eigenvalue weighted by Crippen LogP contribution is 2.40. The van der Waals surface area contributed by atoms with Crippen LogP contribution in [-0.4, -0.2) is 36.4 Å². The average molecular weight is 762 g/mol. The third kappa shape index (κ3) is 12.5. The number of aromatic hydroxyl groups is 1. The number of anilines is 1. The monoisotopic (exact) mass is 761 g/mol. The number of benzene rings is 4. The summed E-state index contributed by atoms with van der Waals surface area (Å²) in [6, 6.07) is 16.4. The van der Waals surface area contributed by atoms with E-state index in [9.17, 15) is 33.2 Å². The van der Waals surface area contributed by atoms with Crippen LogP contribution in [-0.2, 0) is 16.6 Å². The molecule has 0 aliphatic heterocycles. The Bertz CT molecular complexity index is 2000. The summed E-state index contributed by atoms with van der Waals surface area (Å²) in [7, 11) is -3.85. The molecule has 54 heavy (non-hydrogen) atoms. The maximum atomic E-state index is 13.4. The van der Waals surface area contributed by atoms with E-state index in [1.807, 2.05) is 0 Å². The van der Waals surface area contributed by atoms with E-state index in [2.05, 4.69) is 11.6 Å². The summed E-state index contributed by atoms with van der Waals surface area (Å²) in [5, 5.41) is 23.1. The van der Waals surface area contributed by atoms with Gasteiger partial charge in [0.1, 0.15) is 24.4 Å². The van der Waals surface area contributed by atoms with Gasteiger partial charge in [-0.2, -0.15) is 0 Å². The zero-order valence-corrected chi connectivity index (χ0v) is 31.7. The summed E-state index contributed by atoms with van der Waals surface area (Å²) in [6.07, 6.45) is 16.5. The smallest absolute Gasteiger partial charge is 0.311 e. The Hall–Kier alpha value is -5.17. The van der Waals surface area contributed by atoms with Crippen LogP contribution in [0.25, 0.3) is 10.8 Å². The van der Waals surface area contributed by atoms with Crippen LogP contribution in [0.3, 0.4) is 0 Å². The van der Waals surface area contributed by atoms with Gasteiger partial charge in [-0.1, -0.05) is 121 Å². The van der Waals surface area contributed by atoms with Gasteiger partial charge in [-0.05, 0) is 42.3 Å². The summed E-state index contributed by atoms with van der Waals surface area (Å²) in [5.74, 6) is -1.12. The lowest BCUT2D eigenvalue weighted by molar-refractivity contribution is -0.386. The van der Waals surface area contributed by atoms with Crippen LogP contribution in [0.1, 0.15) is 123 Å². The van der Waals surface area contributed by atoms with Crippen LogP contribution in [0, 0.1) is 10.1 Å². The summed E-state index contributed by atoms with van der Waals surface area (Å²) < 4.78 is 41.4. The molecule has 0 unspecified atom stereocenters. The summed E-state index contributed by atoms with van der Waals surface area (Å²) >= 11 is 0. The number of sulfonamides is 1. The Kier molecular flexibility index (Phi) is 16.1. The van der Waals surface area contributed by atoms with Crippen molar-refractivity contribution in [1.82, 2.24) is 0 Å². The number of nitro benzene ring substituents is 1. The first-order chi connectivity index (χ1) is 26.0. The van der Waals surface area contributed by atoms with E-state index in [-0.39, 0.29) is 52.2 Å². The van der Waals surface area contributed by atoms with Gasteiger partial charge in [-0.3, -0.25) is 24.4 Å². The van der Waals surface area contributed by atoms with Crippen molar-refractivity contribution in [1.29, 1.82) is 0 Å². The number of fused-ring (bicyclic) bond motifs is 1. The summed E-state index contributed by atoms with van der Waals surface area (Å²) in [6.45, 7) is 2.05. The Morgan fingerprint density at radius 1 is 0.815 bits per heavy atom. The third-order valence-electron chi connectivity index (χ3n) is 9.25. The van der Waals surface area contributed by atoms with E-state index in [1.165, 1.54) is 88.1 Å². The molecule has 0 fully saturated rings. The molecule has 13 heteroatoms. The molecule has 4 rings (SSSR count). The van der Waals surface area contributed by atoms with E-state index in [0.717, 1.165) is 31.7 Å². The van der Waals surface area contributed by atoms with Gasteiger partial charge in [0.2, 0.25) is 10.0 Å². The van der Waals surface area contributed by atoms with Crippen LogP contribution in [0.15, 0.2) is 66.7 Å². The van der Waals surface area contributed by atoms with Crippen molar-refractivity contribution in [3.8, 4) is 23.0 Å². The minimum Gasteiger partial charge on any atom is -0.506 e. The molecular weight excluding hydrogens is 711 g/mol. The maximum Gasteiger partial charge on any atom is 0.311 e. The number of rotatable bonds is 25. The lowest BCUT2D eigenvalue weighted by atomic mass is 10.0. The molecule has 0 bridgehead atoms. The molecule has 12 nitrogen and oxygen atoms in total. The standard InChI is InChI=1S/C41H51N3O9S/c1-2-3-4-5-6-7-8-9-10-11-12-13-14-17-24-54(50,51)43-35-25-31(29-52-38-23-20-30(28-45)26-36(38)44(48)49)21-22-37(35)53-39-27-34(41(42)47)40(46)33-19-16-15-18-32(33)39/h15-16,18-23,25-28,43,46H,2-14,17,24,29H2,1H3,(H2,42,47). The molecule has 0 aliphatic rings. The SMILES string of the molecule is CCCCCCCCCCCCCCCCS(=O)(=O)Nc1cc(COc2ccc(C=O)cc2[N+](=O)[O-])ccc1Oc1cc(C(N)=O)c(O)c2ccccc12. The molecule has 4 aromatic rings. The molecular formula is C41H51N3O9S. The largest absolute Gasteiger partial charge is 0.506 e. The van der Waals surface area contributed by atoms with E-state index in [1.54, 1.807) is 30.3 Å². The van der Waals surface area contributed by atoms with Crippen LogP contribution < -0.4 is 19.9 Å². The Morgan fingerprint density at radius 2 is 1.41 bits per heavy atom. The van der Waals surface area contributed by atoms with Crippen molar-refractivity contribution in [2.75, 3.05) is 10.5 Å². The number of amides is 1. The van der Waals surface area contributed by atoms with Gasteiger partial charge in [0.15, 0.2) is 11.5 Å². The number of nitrogens with one attached hydrogen (secondary N) is 1. The van der Waals surface area contributed by atoms with E-state index < -0.39 is 26.5 Å². The number of ether oxygens (including phenoxy) is 2. The number of nitrogens with two attached hydrogens (primary N) is 1. The predicted molar refractivity (Wildman–Crippen MR) is 211 cm³/mol. The lowest BCUT2D eigenvalue weighted by Gasteiger charge is -2.17. The first-order valence-corrected chi connectivity index (χ1v) is 20.4. The first kappa shape index (κ1) is 41.6. The van der Waals surface area contributed by atoms with E-state index in [4.69, 9.17) is 15.2 Å².